The number of carbonyl (C=O) groups excluding carboxylic acids is 2. The maximum atomic E-state index is 12.7. The number of ether oxygens (including phenoxy) is 1. The quantitative estimate of drug-likeness (QED) is 0.328. The van der Waals surface area contributed by atoms with Crippen LogP contribution in [0.25, 0.3) is 10.9 Å². The van der Waals surface area contributed by atoms with E-state index in [-0.39, 0.29) is 24.1 Å². The van der Waals surface area contributed by atoms with Crippen LogP contribution in [0.15, 0.2) is 67.0 Å². The zero-order valence-electron chi connectivity index (χ0n) is 19.6. The van der Waals surface area contributed by atoms with Gasteiger partial charge in [0, 0.05) is 41.1 Å². The summed E-state index contributed by atoms with van der Waals surface area (Å²) in [7, 11) is 1.57. The second-order valence-electron chi connectivity index (χ2n) is 7.91. The Morgan fingerprint density at radius 2 is 1.81 bits per heavy atom. The molecule has 8 nitrogen and oxygen atoms in total. The van der Waals surface area contributed by atoms with Crippen LogP contribution in [0.5, 0.6) is 5.75 Å². The van der Waals surface area contributed by atoms with E-state index in [0.717, 1.165) is 16.6 Å². The van der Waals surface area contributed by atoms with Crippen molar-refractivity contribution in [3.8, 4) is 5.75 Å². The highest BCUT2D eigenvalue weighted by atomic mass is 35.5. The number of urea groups is 1. The molecular formula is C26H23Cl2N5O3. The molecule has 0 aliphatic rings. The second kappa shape index (κ2) is 11.2. The summed E-state index contributed by atoms with van der Waals surface area (Å²) in [6, 6.07) is 15.7. The zero-order chi connectivity index (χ0) is 25.7. The third-order valence-electron chi connectivity index (χ3n) is 5.48. The highest BCUT2D eigenvalue weighted by Crippen LogP contribution is 2.35. The summed E-state index contributed by atoms with van der Waals surface area (Å²) in [4.78, 5) is 34.7. The molecule has 0 spiro atoms. The van der Waals surface area contributed by atoms with Crippen molar-refractivity contribution in [3.05, 3.63) is 88.3 Å². The van der Waals surface area contributed by atoms with Crippen molar-refractivity contribution in [2.24, 2.45) is 0 Å². The summed E-state index contributed by atoms with van der Waals surface area (Å²) in [5, 5.41) is 6.80. The van der Waals surface area contributed by atoms with Crippen LogP contribution in [0.1, 0.15) is 11.3 Å². The van der Waals surface area contributed by atoms with Crippen molar-refractivity contribution in [1.82, 2.24) is 15.3 Å². The Kier molecular flexibility index (Phi) is 7.87. The first-order valence-corrected chi connectivity index (χ1v) is 11.8. The number of rotatable bonds is 7. The van der Waals surface area contributed by atoms with Crippen LogP contribution in [-0.4, -0.2) is 35.5 Å². The minimum Gasteiger partial charge on any atom is -0.487 e. The molecule has 4 aromatic rings. The van der Waals surface area contributed by atoms with Crippen LogP contribution in [0.3, 0.4) is 0 Å². The van der Waals surface area contributed by atoms with Gasteiger partial charge in [-0.05, 0) is 43.3 Å². The minimum absolute atomic E-state index is 0.0843. The second-order valence-corrected chi connectivity index (χ2v) is 8.69. The number of carbonyl (C=O) groups is 2. The maximum absolute atomic E-state index is 12.7. The molecule has 0 radical (unpaired) electrons. The Labute approximate surface area is 218 Å². The predicted molar refractivity (Wildman–Crippen MR) is 142 cm³/mol. The number of anilines is 2. The maximum Gasteiger partial charge on any atom is 0.319 e. The van der Waals surface area contributed by atoms with Crippen molar-refractivity contribution in [2.75, 3.05) is 23.8 Å². The summed E-state index contributed by atoms with van der Waals surface area (Å²) in [6.45, 7) is 1.72. The van der Waals surface area contributed by atoms with Gasteiger partial charge in [-0.1, -0.05) is 41.4 Å². The topological polar surface area (TPSA) is 96.5 Å². The summed E-state index contributed by atoms with van der Waals surface area (Å²) < 4.78 is 6.02. The molecule has 0 atom stereocenters. The predicted octanol–water partition coefficient (Wildman–Crippen LogP) is 5.61. The molecule has 0 saturated heterocycles. The fraction of sp³-hybridized carbons (Fsp3) is 0.154. The van der Waals surface area contributed by atoms with Crippen molar-refractivity contribution >= 4 is 57.4 Å². The molecule has 0 bridgehead atoms. The lowest BCUT2D eigenvalue weighted by atomic mass is 10.1. The molecule has 0 aliphatic heterocycles. The van der Waals surface area contributed by atoms with Gasteiger partial charge in [-0.15, -0.1) is 0 Å². The summed E-state index contributed by atoms with van der Waals surface area (Å²) in [5.74, 6) is 0.241. The first kappa shape index (κ1) is 25.2. The van der Waals surface area contributed by atoms with E-state index >= 15 is 0 Å². The summed E-state index contributed by atoms with van der Waals surface area (Å²) >= 11 is 13.1. The number of amides is 3. The van der Waals surface area contributed by atoms with Gasteiger partial charge in [0.2, 0.25) is 5.91 Å². The molecule has 3 amide bonds. The standard InChI is InChI=1S/C26H23Cl2N5O3/c1-16-23(13-17-5-3-4-6-21(17)31-16)36-15-19-20(27)7-8-22(25(19)28)33(2)24(34)14-30-26(35)32-18-9-11-29-12-10-18/h3-13H,14-15H2,1-2H3,(H2,29,30,32,35). The third kappa shape index (κ3) is 5.84. The summed E-state index contributed by atoms with van der Waals surface area (Å²) in [6.07, 6.45) is 3.10. The van der Waals surface area contributed by atoms with Crippen LogP contribution in [-0.2, 0) is 11.4 Å². The molecule has 2 aromatic carbocycles. The lowest BCUT2D eigenvalue weighted by molar-refractivity contribution is -0.117. The molecule has 0 unspecified atom stereocenters. The Morgan fingerprint density at radius 3 is 2.58 bits per heavy atom. The molecule has 2 aromatic heterocycles. The molecule has 10 heteroatoms. The van der Waals surface area contributed by atoms with Gasteiger partial charge in [0.1, 0.15) is 12.4 Å². The molecule has 0 saturated carbocycles. The van der Waals surface area contributed by atoms with Crippen molar-refractivity contribution in [3.63, 3.8) is 0 Å². The van der Waals surface area contributed by atoms with Crippen LogP contribution in [0.4, 0.5) is 16.2 Å². The number of likely N-dealkylation sites (N-methyl/N-ethyl adjacent to an activating group) is 1. The zero-order valence-corrected chi connectivity index (χ0v) is 21.1. The fourth-order valence-corrected chi connectivity index (χ4v) is 4.09. The molecule has 0 fully saturated rings. The van der Waals surface area contributed by atoms with Crippen LogP contribution in [0, 0.1) is 6.92 Å². The molecule has 0 aliphatic carbocycles. The van der Waals surface area contributed by atoms with Gasteiger partial charge >= 0.3 is 6.03 Å². The highest BCUT2D eigenvalue weighted by molar-refractivity contribution is 6.38. The molecule has 184 valence electrons. The fourth-order valence-electron chi connectivity index (χ4n) is 3.48. The number of aromatic nitrogens is 2. The molecule has 2 heterocycles. The Hall–Kier alpha value is -3.88. The van der Waals surface area contributed by atoms with Crippen molar-refractivity contribution in [2.45, 2.75) is 13.5 Å². The van der Waals surface area contributed by atoms with E-state index in [1.807, 2.05) is 37.3 Å². The molecule has 2 N–H and O–H groups in total. The van der Waals surface area contributed by atoms with E-state index < -0.39 is 6.03 Å². The molecular weight excluding hydrogens is 501 g/mol. The van der Waals surface area contributed by atoms with Gasteiger partial charge in [0.15, 0.2) is 0 Å². The average Bonchev–Trinajstić information content (AvgIpc) is 2.87. The Bertz CT molecular complexity index is 1420. The van der Waals surface area contributed by atoms with Gasteiger partial charge in [-0.2, -0.15) is 0 Å². The van der Waals surface area contributed by atoms with Gasteiger partial charge in [0.25, 0.3) is 0 Å². The van der Waals surface area contributed by atoms with E-state index in [4.69, 9.17) is 27.9 Å². The van der Waals surface area contributed by atoms with Crippen molar-refractivity contribution in [1.29, 1.82) is 0 Å². The lowest BCUT2D eigenvalue weighted by Gasteiger charge is -2.21. The summed E-state index contributed by atoms with van der Waals surface area (Å²) in [5.41, 5.74) is 3.15. The smallest absolute Gasteiger partial charge is 0.319 e. The number of nitrogens with zero attached hydrogens (tertiary/aromatic N) is 3. The van der Waals surface area contributed by atoms with Gasteiger partial charge in [0.05, 0.1) is 28.5 Å². The third-order valence-corrected chi connectivity index (χ3v) is 6.26. The number of hydrogen-bond acceptors (Lipinski definition) is 5. The van der Waals surface area contributed by atoms with Crippen LogP contribution >= 0.6 is 23.2 Å². The SMILES string of the molecule is Cc1nc2ccccc2cc1OCc1c(Cl)ccc(N(C)C(=O)CNC(=O)Nc2ccncc2)c1Cl. The number of pyridine rings is 2. The number of aryl methyl sites for hydroxylation is 1. The Morgan fingerprint density at radius 1 is 1.06 bits per heavy atom. The van der Waals surface area contributed by atoms with E-state index in [1.54, 1.807) is 43.7 Å². The Balaban J connectivity index is 1.43. The number of fused-ring (bicyclic) bond motifs is 1. The van der Waals surface area contributed by atoms with Gasteiger partial charge in [-0.3, -0.25) is 9.78 Å². The van der Waals surface area contributed by atoms with Gasteiger partial charge < -0.3 is 20.3 Å². The lowest BCUT2D eigenvalue weighted by Crippen LogP contribution is -2.40. The number of nitrogens with one attached hydrogen (secondary N) is 2. The molecule has 36 heavy (non-hydrogen) atoms. The van der Waals surface area contributed by atoms with E-state index in [0.29, 0.717) is 27.7 Å². The van der Waals surface area contributed by atoms with Crippen LogP contribution < -0.4 is 20.3 Å². The van der Waals surface area contributed by atoms with E-state index in [2.05, 4.69) is 20.6 Å². The molecule has 4 rings (SSSR count). The highest BCUT2D eigenvalue weighted by Gasteiger charge is 2.19. The van der Waals surface area contributed by atoms with Gasteiger partial charge in [-0.25, -0.2) is 9.78 Å². The van der Waals surface area contributed by atoms with E-state index in [1.165, 1.54) is 4.90 Å². The number of hydrogen-bond donors (Lipinski definition) is 2. The largest absolute Gasteiger partial charge is 0.487 e. The van der Waals surface area contributed by atoms with Crippen LogP contribution in [0.2, 0.25) is 10.0 Å². The number of halogens is 2. The number of para-hydroxylation sites is 1. The minimum atomic E-state index is -0.515. The first-order chi connectivity index (χ1) is 17.3. The van der Waals surface area contributed by atoms with Crippen molar-refractivity contribution < 1.29 is 14.3 Å². The number of benzene rings is 2. The normalized spacial score (nSPS) is 10.7. The monoisotopic (exact) mass is 523 g/mol. The first-order valence-electron chi connectivity index (χ1n) is 11.0. The average molecular weight is 524 g/mol. The van der Waals surface area contributed by atoms with E-state index in [9.17, 15) is 9.59 Å².